The first kappa shape index (κ1) is 11.8. The van der Waals surface area contributed by atoms with Crippen LogP contribution in [0.5, 0.6) is 5.75 Å². The number of fused-ring (bicyclic) bond motifs is 1. The van der Waals surface area contributed by atoms with E-state index >= 15 is 0 Å². The standard InChI is InChI=1S/C10H9BrN2O4/c11-3-4-12-8-5-7(13(15)16)1-2-9(8)17-6-10(12)14/h1-2,5H,3-4,6H2. The van der Waals surface area contributed by atoms with Gasteiger partial charge >= 0.3 is 0 Å². The van der Waals surface area contributed by atoms with Crippen LogP contribution in [-0.4, -0.2) is 29.3 Å². The van der Waals surface area contributed by atoms with Crippen LogP contribution in [0.2, 0.25) is 0 Å². The fourth-order valence-electron chi connectivity index (χ4n) is 1.63. The molecule has 0 N–H and O–H groups in total. The summed E-state index contributed by atoms with van der Waals surface area (Å²) in [5.74, 6) is 0.300. The van der Waals surface area contributed by atoms with Gasteiger partial charge in [0.25, 0.3) is 11.6 Å². The first-order valence-corrected chi connectivity index (χ1v) is 6.03. The van der Waals surface area contributed by atoms with Crippen molar-refractivity contribution in [3.8, 4) is 5.75 Å². The van der Waals surface area contributed by atoms with Crippen molar-refractivity contribution >= 4 is 33.2 Å². The van der Waals surface area contributed by atoms with Crippen LogP contribution in [0.4, 0.5) is 11.4 Å². The van der Waals surface area contributed by atoms with Crippen molar-refractivity contribution in [1.82, 2.24) is 0 Å². The maximum absolute atomic E-state index is 11.6. The molecule has 6 nitrogen and oxygen atoms in total. The fraction of sp³-hybridized carbons (Fsp3) is 0.300. The van der Waals surface area contributed by atoms with Gasteiger partial charge in [-0.2, -0.15) is 0 Å². The van der Waals surface area contributed by atoms with Gasteiger partial charge in [-0.1, -0.05) is 15.9 Å². The molecular weight excluding hydrogens is 292 g/mol. The molecule has 90 valence electrons. The number of nitrogens with zero attached hydrogens (tertiary/aromatic N) is 2. The molecule has 0 unspecified atom stereocenters. The number of nitro groups is 1. The van der Waals surface area contributed by atoms with Crippen molar-refractivity contribution in [3.63, 3.8) is 0 Å². The summed E-state index contributed by atoms with van der Waals surface area (Å²) in [5.41, 5.74) is 0.400. The van der Waals surface area contributed by atoms with E-state index in [0.29, 0.717) is 23.3 Å². The molecule has 1 heterocycles. The average molecular weight is 301 g/mol. The number of amides is 1. The summed E-state index contributed by atoms with van der Waals surface area (Å²) in [5, 5.41) is 11.3. The lowest BCUT2D eigenvalue weighted by molar-refractivity contribution is -0.384. The van der Waals surface area contributed by atoms with E-state index in [9.17, 15) is 14.9 Å². The summed E-state index contributed by atoms with van der Waals surface area (Å²) < 4.78 is 5.22. The maximum Gasteiger partial charge on any atom is 0.271 e. The Kier molecular flexibility index (Phi) is 3.28. The number of hydrogen-bond donors (Lipinski definition) is 0. The number of anilines is 1. The van der Waals surface area contributed by atoms with Crippen LogP contribution in [-0.2, 0) is 4.79 Å². The summed E-state index contributed by atoms with van der Waals surface area (Å²) in [6.45, 7) is 0.425. The number of ether oxygens (including phenoxy) is 1. The zero-order valence-corrected chi connectivity index (χ0v) is 10.3. The zero-order valence-electron chi connectivity index (χ0n) is 8.76. The molecule has 0 aliphatic carbocycles. The number of non-ortho nitro benzene ring substituents is 1. The lowest BCUT2D eigenvalue weighted by Gasteiger charge is -2.28. The molecule has 0 atom stereocenters. The molecule has 0 radical (unpaired) electrons. The number of rotatable bonds is 3. The average Bonchev–Trinajstić information content (AvgIpc) is 2.32. The predicted molar refractivity (Wildman–Crippen MR) is 64.7 cm³/mol. The van der Waals surface area contributed by atoms with Crippen LogP contribution in [0.3, 0.4) is 0 Å². The molecule has 2 rings (SSSR count). The molecule has 0 fully saturated rings. The van der Waals surface area contributed by atoms with Gasteiger partial charge in [-0.05, 0) is 6.07 Å². The highest BCUT2D eigenvalue weighted by atomic mass is 79.9. The quantitative estimate of drug-likeness (QED) is 0.484. The van der Waals surface area contributed by atoms with Crippen LogP contribution in [0.15, 0.2) is 18.2 Å². The Morgan fingerprint density at radius 1 is 1.53 bits per heavy atom. The van der Waals surface area contributed by atoms with E-state index in [0.717, 1.165) is 0 Å². The molecule has 7 heteroatoms. The highest BCUT2D eigenvalue weighted by molar-refractivity contribution is 9.09. The van der Waals surface area contributed by atoms with Crippen molar-refractivity contribution in [2.45, 2.75) is 0 Å². The van der Waals surface area contributed by atoms with E-state index in [1.807, 2.05) is 0 Å². The fourth-order valence-corrected chi connectivity index (χ4v) is 1.99. The van der Waals surface area contributed by atoms with Gasteiger partial charge in [0.05, 0.1) is 10.6 Å². The van der Waals surface area contributed by atoms with Crippen molar-refractivity contribution in [2.24, 2.45) is 0 Å². The molecule has 1 aliphatic heterocycles. The van der Waals surface area contributed by atoms with Gasteiger partial charge in [0.2, 0.25) is 0 Å². The third kappa shape index (κ3) is 2.23. The van der Waals surface area contributed by atoms with E-state index in [2.05, 4.69) is 15.9 Å². The third-order valence-electron chi connectivity index (χ3n) is 2.40. The highest BCUT2D eigenvalue weighted by Gasteiger charge is 2.26. The second kappa shape index (κ2) is 4.70. The largest absolute Gasteiger partial charge is 0.482 e. The van der Waals surface area contributed by atoms with E-state index in [1.165, 1.54) is 23.1 Å². The first-order valence-electron chi connectivity index (χ1n) is 4.91. The summed E-state index contributed by atoms with van der Waals surface area (Å²) >= 11 is 3.24. The van der Waals surface area contributed by atoms with Gasteiger partial charge in [-0.3, -0.25) is 14.9 Å². The van der Waals surface area contributed by atoms with Gasteiger partial charge in [0.1, 0.15) is 5.75 Å². The van der Waals surface area contributed by atoms with Gasteiger partial charge in [-0.15, -0.1) is 0 Å². The molecule has 0 spiro atoms. The summed E-state index contributed by atoms with van der Waals surface area (Å²) in [6, 6.07) is 4.23. The van der Waals surface area contributed by atoms with Gasteiger partial charge in [0, 0.05) is 24.0 Å². The Hall–Kier alpha value is -1.63. The van der Waals surface area contributed by atoms with Gasteiger partial charge < -0.3 is 9.64 Å². The number of alkyl halides is 1. The SMILES string of the molecule is O=C1COc2ccc([N+](=O)[O-])cc2N1CCBr. The molecule has 1 aromatic rings. The number of benzene rings is 1. The Morgan fingerprint density at radius 2 is 2.29 bits per heavy atom. The van der Waals surface area contributed by atoms with Gasteiger partial charge in [-0.25, -0.2) is 0 Å². The van der Waals surface area contributed by atoms with Crippen LogP contribution in [0, 0.1) is 10.1 Å². The monoisotopic (exact) mass is 300 g/mol. The van der Waals surface area contributed by atoms with E-state index < -0.39 is 4.92 Å². The van der Waals surface area contributed by atoms with E-state index in [-0.39, 0.29) is 18.2 Å². The van der Waals surface area contributed by atoms with Gasteiger partial charge in [0.15, 0.2) is 6.61 Å². The highest BCUT2D eigenvalue weighted by Crippen LogP contribution is 2.35. The van der Waals surface area contributed by atoms with Crippen LogP contribution in [0.25, 0.3) is 0 Å². The molecule has 0 bridgehead atoms. The molecular formula is C10H9BrN2O4. The second-order valence-corrected chi connectivity index (χ2v) is 4.23. The molecule has 1 aliphatic rings. The summed E-state index contributed by atoms with van der Waals surface area (Å²) in [4.78, 5) is 23.3. The van der Waals surface area contributed by atoms with E-state index in [1.54, 1.807) is 0 Å². The predicted octanol–water partition coefficient (Wildman–Crippen LogP) is 1.72. The molecule has 0 saturated heterocycles. The Labute approximate surface area is 105 Å². The maximum atomic E-state index is 11.6. The first-order chi connectivity index (χ1) is 8.13. The lowest BCUT2D eigenvalue weighted by Crippen LogP contribution is -2.39. The molecule has 0 saturated carbocycles. The zero-order chi connectivity index (χ0) is 12.4. The Balaban J connectivity index is 2.44. The van der Waals surface area contributed by atoms with Crippen LogP contribution in [0.1, 0.15) is 0 Å². The molecule has 1 aromatic carbocycles. The summed E-state index contributed by atoms with van der Waals surface area (Å²) in [6.07, 6.45) is 0. The van der Waals surface area contributed by atoms with Crippen molar-refractivity contribution in [3.05, 3.63) is 28.3 Å². The Morgan fingerprint density at radius 3 is 2.94 bits per heavy atom. The number of hydrogen-bond acceptors (Lipinski definition) is 4. The minimum atomic E-state index is -0.494. The van der Waals surface area contributed by atoms with Crippen molar-refractivity contribution in [2.75, 3.05) is 23.4 Å². The number of carbonyl (C=O) groups is 1. The topological polar surface area (TPSA) is 72.7 Å². The van der Waals surface area contributed by atoms with Crippen molar-refractivity contribution < 1.29 is 14.5 Å². The minimum absolute atomic E-state index is 0.0299. The molecule has 17 heavy (non-hydrogen) atoms. The number of nitro benzene ring substituents is 1. The third-order valence-corrected chi connectivity index (χ3v) is 2.76. The van der Waals surface area contributed by atoms with Crippen molar-refractivity contribution in [1.29, 1.82) is 0 Å². The second-order valence-electron chi connectivity index (χ2n) is 3.43. The molecule has 0 aromatic heterocycles. The number of carbonyl (C=O) groups excluding carboxylic acids is 1. The molecule has 1 amide bonds. The number of halogens is 1. The normalized spacial score (nSPS) is 14.2. The van der Waals surface area contributed by atoms with E-state index in [4.69, 9.17) is 4.74 Å². The summed E-state index contributed by atoms with van der Waals surface area (Å²) in [7, 11) is 0. The van der Waals surface area contributed by atoms with Crippen LogP contribution < -0.4 is 9.64 Å². The smallest absolute Gasteiger partial charge is 0.271 e. The Bertz CT molecular complexity index is 477. The minimum Gasteiger partial charge on any atom is -0.482 e. The van der Waals surface area contributed by atoms with Crippen LogP contribution >= 0.6 is 15.9 Å². The lowest BCUT2D eigenvalue weighted by atomic mass is 10.2.